The van der Waals surface area contributed by atoms with Crippen molar-refractivity contribution in [3.05, 3.63) is 82.3 Å². The summed E-state index contributed by atoms with van der Waals surface area (Å²) in [5, 5.41) is 0.755. The van der Waals surface area contributed by atoms with E-state index in [0.717, 1.165) is 15.1 Å². The molecule has 3 aromatic rings. The summed E-state index contributed by atoms with van der Waals surface area (Å²) in [6.45, 7) is 0. The minimum Gasteiger partial charge on any atom is -0.0843 e. The quantitative estimate of drug-likeness (QED) is 0.502. The average molecular weight is 344 g/mol. The highest BCUT2D eigenvalue weighted by Gasteiger charge is 2.05. The molecule has 3 rings (SSSR count). The van der Waals surface area contributed by atoms with Gasteiger partial charge in [-0.3, -0.25) is 0 Å². The molecule has 0 spiro atoms. The molecule has 20 heavy (non-hydrogen) atoms. The predicted octanol–water partition coefficient (Wildman–Crippen LogP) is 6.44. The van der Waals surface area contributed by atoms with Crippen molar-refractivity contribution in [1.29, 1.82) is 0 Å². The van der Waals surface area contributed by atoms with Crippen LogP contribution in [0, 0.1) is 0 Å². The zero-order valence-electron chi connectivity index (χ0n) is 10.7. The Labute approximate surface area is 132 Å². The Bertz CT molecular complexity index is 718. The fraction of sp³-hybridized carbons (Fsp3) is 0. The topological polar surface area (TPSA) is 0 Å². The number of hydrogen-bond acceptors (Lipinski definition) is 0. The van der Waals surface area contributed by atoms with Crippen LogP contribution in [-0.4, -0.2) is 0 Å². The Morgan fingerprint density at radius 1 is 0.650 bits per heavy atom. The Hall–Kier alpha value is -1.57. The lowest BCUT2D eigenvalue weighted by atomic mass is 10.0. The number of benzene rings is 3. The molecule has 0 saturated carbocycles. The van der Waals surface area contributed by atoms with Crippen molar-refractivity contribution in [2.45, 2.75) is 0 Å². The number of halogens is 2. The van der Waals surface area contributed by atoms with Gasteiger partial charge < -0.3 is 0 Å². The summed E-state index contributed by atoms with van der Waals surface area (Å²) in [7, 11) is 0. The van der Waals surface area contributed by atoms with Crippen LogP contribution in [0.3, 0.4) is 0 Å². The maximum Gasteiger partial charge on any atom is 0.0406 e. The molecular weight excluding hydrogens is 332 g/mol. The minimum absolute atomic E-state index is 0.755. The summed E-state index contributed by atoms with van der Waals surface area (Å²) in [6, 6.07) is 24.7. The van der Waals surface area contributed by atoms with E-state index in [-0.39, 0.29) is 0 Å². The van der Waals surface area contributed by atoms with E-state index in [1.807, 2.05) is 30.3 Å². The molecule has 0 amide bonds. The lowest BCUT2D eigenvalue weighted by Gasteiger charge is -2.08. The van der Waals surface area contributed by atoms with E-state index >= 15 is 0 Å². The Balaban J connectivity index is 2.02. The van der Waals surface area contributed by atoms with Gasteiger partial charge >= 0.3 is 0 Å². The fourth-order valence-corrected chi connectivity index (χ4v) is 2.92. The standard InChI is InChI=1S/C18H12BrCl/c19-18-12-15(13-4-2-1-3-5-13)8-11-17(18)14-6-9-16(20)10-7-14/h1-12H. The van der Waals surface area contributed by atoms with Gasteiger partial charge in [-0.1, -0.05) is 82.1 Å². The fourth-order valence-electron chi connectivity index (χ4n) is 2.19. The van der Waals surface area contributed by atoms with E-state index in [0.29, 0.717) is 0 Å². The van der Waals surface area contributed by atoms with Crippen molar-refractivity contribution in [3.63, 3.8) is 0 Å². The van der Waals surface area contributed by atoms with Crippen LogP contribution in [0.4, 0.5) is 0 Å². The van der Waals surface area contributed by atoms with Gasteiger partial charge in [-0.15, -0.1) is 0 Å². The van der Waals surface area contributed by atoms with Crippen LogP contribution in [0.5, 0.6) is 0 Å². The normalized spacial score (nSPS) is 10.5. The summed E-state index contributed by atoms with van der Waals surface area (Å²) in [6.07, 6.45) is 0. The summed E-state index contributed by atoms with van der Waals surface area (Å²) in [4.78, 5) is 0. The first kappa shape index (κ1) is 13.4. The molecule has 0 aromatic heterocycles. The SMILES string of the molecule is Clc1ccc(-c2ccc(-c3ccccc3)cc2Br)cc1. The number of hydrogen-bond donors (Lipinski definition) is 0. The highest BCUT2D eigenvalue weighted by atomic mass is 79.9. The van der Waals surface area contributed by atoms with Crippen molar-refractivity contribution in [2.24, 2.45) is 0 Å². The third-order valence-corrected chi connectivity index (χ3v) is 4.14. The summed E-state index contributed by atoms with van der Waals surface area (Å²) in [5.74, 6) is 0. The summed E-state index contributed by atoms with van der Waals surface area (Å²) >= 11 is 9.60. The van der Waals surface area contributed by atoms with Crippen LogP contribution < -0.4 is 0 Å². The Morgan fingerprint density at radius 3 is 1.95 bits per heavy atom. The van der Waals surface area contributed by atoms with E-state index in [2.05, 4.69) is 58.4 Å². The van der Waals surface area contributed by atoms with Crippen LogP contribution >= 0.6 is 27.5 Å². The van der Waals surface area contributed by atoms with Gasteiger partial charge in [0.25, 0.3) is 0 Å². The second-order valence-electron chi connectivity index (χ2n) is 4.57. The van der Waals surface area contributed by atoms with Crippen molar-refractivity contribution in [2.75, 3.05) is 0 Å². The van der Waals surface area contributed by atoms with Gasteiger partial charge in [0.15, 0.2) is 0 Å². The van der Waals surface area contributed by atoms with Gasteiger partial charge in [0.2, 0.25) is 0 Å². The molecule has 2 heteroatoms. The van der Waals surface area contributed by atoms with E-state index in [1.165, 1.54) is 16.7 Å². The molecule has 0 bridgehead atoms. The Morgan fingerprint density at radius 2 is 1.30 bits per heavy atom. The first-order valence-electron chi connectivity index (χ1n) is 6.35. The van der Waals surface area contributed by atoms with Gasteiger partial charge in [-0.05, 0) is 40.5 Å². The number of rotatable bonds is 2. The molecule has 0 nitrogen and oxygen atoms in total. The smallest absolute Gasteiger partial charge is 0.0406 e. The molecule has 0 aliphatic carbocycles. The highest BCUT2D eigenvalue weighted by molar-refractivity contribution is 9.10. The second kappa shape index (κ2) is 5.82. The molecule has 98 valence electrons. The average Bonchev–Trinajstić information content (AvgIpc) is 2.49. The molecule has 0 aliphatic heterocycles. The van der Waals surface area contributed by atoms with Gasteiger partial charge in [0, 0.05) is 9.50 Å². The zero-order chi connectivity index (χ0) is 13.9. The van der Waals surface area contributed by atoms with Crippen molar-refractivity contribution >= 4 is 27.5 Å². The van der Waals surface area contributed by atoms with Crippen molar-refractivity contribution in [1.82, 2.24) is 0 Å². The van der Waals surface area contributed by atoms with Gasteiger partial charge in [0.1, 0.15) is 0 Å². The Kier molecular flexibility index (Phi) is 3.90. The van der Waals surface area contributed by atoms with Crippen LogP contribution in [0.25, 0.3) is 22.3 Å². The molecule has 3 aromatic carbocycles. The largest absolute Gasteiger partial charge is 0.0843 e. The summed E-state index contributed by atoms with van der Waals surface area (Å²) < 4.78 is 1.08. The first-order chi connectivity index (χ1) is 9.74. The lowest BCUT2D eigenvalue weighted by Crippen LogP contribution is -1.82. The van der Waals surface area contributed by atoms with E-state index in [9.17, 15) is 0 Å². The van der Waals surface area contributed by atoms with Crippen molar-refractivity contribution in [3.8, 4) is 22.3 Å². The molecule has 0 aliphatic rings. The first-order valence-corrected chi connectivity index (χ1v) is 7.52. The minimum atomic E-state index is 0.755. The van der Waals surface area contributed by atoms with E-state index in [4.69, 9.17) is 11.6 Å². The molecule has 0 atom stereocenters. The van der Waals surface area contributed by atoms with Crippen molar-refractivity contribution < 1.29 is 0 Å². The molecule has 0 unspecified atom stereocenters. The van der Waals surface area contributed by atoms with E-state index < -0.39 is 0 Å². The lowest BCUT2D eigenvalue weighted by molar-refractivity contribution is 1.56. The molecule has 0 radical (unpaired) electrons. The zero-order valence-corrected chi connectivity index (χ0v) is 13.0. The maximum atomic E-state index is 5.93. The molecule has 0 saturated heterocycles. The van der Waals surface area contributed by atoms with Gasteiger partial charge in [-0.25, -0.2) is 0 Å². The third-order valence-electron chi connectivity index (χ3n) is 3.23. The maximum absolute atomic E-state index is 5.93. The van der Waals surface area contributed by atoms with Crippen LogP contribution in [0.2, 0.25) is 5.02 Å². The molecular formula is C18H12BrCl. The second-order valence-corrected chi connectivity index (χ2v) is 5.86. The monoisotopic (exact) mass is 342 g/mol. The predicted molar refractivity (Wildman–Crippen MR) is 90.0 cm³/mol. The van der Waals surface area contributed by atoms with Crippen LogP contribution in [0.1, 0.15) is 0 Å². The van der Waals surface area contributed by atoms with Gasteiger partial charge in [-0.2, -0.15) is 0 Å². The third kappa shape index (κ3) is 2.79. The summed E-state index contributed by atoms with van der Waals surface area (Å²) in [5.41, 5.74) is 4.74. The van der Waals surface area contributed by atoms with Gasteiger partial charge in [0.05, 0.1) is 0 Å². The van der Waals surface area contributed by atoms with Crippen LogP contribution in [-0.2, 0) is 0 Å². The molecule has 0 heterocycles. The molecule has 0 fully saturated rings. The van der Waals surface area contributed by atoms with Crippen LogP contribution in [0.15, 0.2) is 77.3 Å². The highest BCUT2D eigenvalue weighted by Crippen LogP contribution is 2.32. The molecule has 0 N–H and O–H groups in total. The van der Waals surface area contributed by atoms with E-state index in [1.54, 1.807) is 0 Å².